The zero-order valence-electron chi connectivity index (χ0n) is 37.6. The van der Waals surface area contributed by atoms with E-state index in [2.05, 4.69) is 250 Å². The number of pyridine rings is 3. The first-order valence-electron chi connectivity index (χ1n) is 22.4. The predicted octanol–water partition coefficient (Wildman–Crippen LogP) is 16.4. The van der Waals surface area contributed by atoms with Gasteiger partial charge in [-0.1, -0.05) is 131 Å². The molecule has 3 heterocycles. The fraction of sp³-hybridized carbons (Fsp3) is 0.0656. The molecule has 0 saturated carbocycles. The number of anilines is 6. The lowest BCUT2D eigenvalue weighted by atomic mass is 10.0. The van der Waals surface area contributed by atoms with Gasteiger partial charge in [0.2, 0.25) is 0 Å². The molecule has 10 rings (SSSR count). The van der Waals surface area contributed by atoms with Crippen molar-refractivity contribution in [2.45, 2.75) is 27.7 Å². The van der Waals surface area contributed by atoms with Crippen LogP contribution in [0.25, 0.3) is 56.8 Å². The van der Waals surface area contributed by atoms with Gasteiger partial charge in [-0.2, -0.15) is 0 Å². The molecule has 0 fully saturated rings. The van der Waals surface area contributed by atoms with Crippen LogP contribution in [0, 0.1) is 27.7 Å². The smallest absolute Gasteiger partial charge is 0.0719 e. The van der Waals surface area contributed by atoms with E-state index in [4.69, 9.17) is 15.0 Å². The Morgan fingerprint density at radius 2 is 0.697 bits per heavy atom. The summed E-state index contributed by atoms with van der Waals surface area (Å²) in [5.41, 5.74) is 20.5. The highest BCUT2D eigenvalue weighted by molar-refractivity contribution is 5.86. The van der Waals surface area contributed by atoms with Crippen molar-refractivity contribution in [1.82, 2.24) is 15.0 Å². The first-order chi connectivity index (χ1) is 32.3. The molecule has 7 aromatic carbocycles. The summed E-state index contributed by atoms with van der Waals surface area (Å²) in [6.45, 7) is 8.46. The van der Waals surface area contributed by atoms with Crippen LogP contribution >= 0.6 is 0 Å². The largest absolute Gasteiger partial charge is 0.311 e. The van der Waals surface area contributed by atoms with Gasteiger partial charge in [0, 0.05) is 56.7 Å². The standard InChI is InChI=1S/C61H49N5/c1-42-5-24-52(25-6-42)65(53-26-7-43(2)8-27-53)56-32-17-47(18-33-56)14-13-46-15-19-48(20-16-46)60-36-22-50-39-49(21-37-61(50)64-60)58-35-23-51(40-62-58)59-38-34-57(41-63-59)66(54-28-9-44(3)10-29-54)55-30-11-45(4)12-31-55/h5-41H,1-4H3. The zero-order valence-corrected chi connectivity index (χ0v) is 37.6. The third-order valence-corrected chi connectivity index (χ3v) is 12.0. The van der Waals surface area contributed by atoms with E-state index in [1.807, 2.05) is 12.4 Å². The fourth-order valence-corrected chi connectivity index (χ4v) is 8.21. The van der Waals surface area contributed by atoms with Crippen molar-refractivity contribution in [2.75, 3.05) is 9.80 Å². The Morgan fingerprint density at radius 3 is 1.17 bits per heavy atom. The number of hydrogen-bond acceptors (Lipinski definition) is 5. The predicted molar refractivity (Wildman–Crippen MR) is 277 cm³/mol. The summed E-state index contributed by atoms with van der Waals surface area (Å²) in [5.74, 6) is 0. The van der Waals surface area contributed by atoms with Crippen LogP contribution in [-0.2, 0) is 0 Å². The molecule has 10 aromatic rings. The molecule has 5 nitrogen and oxygen atoms in total. The molecule has 0 aliphatic heterocycles. The Labute approximate surface area is 387 Å². The van der Waals surface area contributed by atoms with Crippen molar-refractivity contribution in [3.63, 3.8) is 0 Å². The lowest BCUT2D eigenvalue weighted by Crippen LogP contribution is -2.10. The molecule has 3 aromatic heterocycles. The van der Waals surface area contributed by atoms with Gasteiger partial charge >= 0.3 is 0 Å². The average Bonchev–Trinajstić information content (AvgIpc) is 3.36. The Bertz CT molecular complexity index is 3180. The topological polar surface area (TPSA) is 45.2 Å². The zero-order chi connectivity index (χ0) is 45.0. The maximum Gasteiger partial charge on any atom is 0.0719 e. The van der Waals surface area contributed by atoms with Gasteiger partial charge in [-0.3, -0.25) is 9.97 Å². The van der Waals surface area contributed by atoms with Gasteiger partial charge in [0.1, 0.15) is 0 Å². The Balaban J connectivity index is 0.804. The number of nitrogens with zero attached hydrogens (tertiary/aromatic N) is 5. The van der Waals surface area contributed by atoms with Crippen LogP contribution in [0.4, 0.5) is 34.1 Å². The summed E-state index contributed by atoms with van der Waals surface area (Å²) in [7, 11) is 0. The van der Waals surface area contributed by atoms with Gasteiger partial charge < -0.3 is 9.80 Å². The highest BCUT2D eigenvalue weighted by atomic mass is 15.1. The highest BCUT2D eigenvalue weighted by Crippen LogP contribution is 2.37. The van der Waals surface area contributed by atoms with Gasteiger partial charge in [0.05, 0.1) is 34.5 Å². The quantitative estimate of drug-likeness (QED) is 0.121. The molecule has 0 unspecified atom stereocenters. The van der Waals surface area contributed by atoms with Crippen LogP contribution in [0.15, 0.2) is 213 Å². The molecule has 0 radical (unpaired) electrons. The van der Waals surface area contributed by atoms with Crippen LogP contribution in [0.3, 0.4) is 0 Å². The molecule has 0 aliphatic carbocycles. The third kappa shape index (κ3) is 9.15. The second-order valence-corrected chi connectivity index (χ2v) is 17.0. The van der Waals surface area contributed by atoms with E-state index in [0.717, 1.165) is 89.9 Å². The lowest BCUT2D eigenvalue weighted by molar-refractivity contribution is 1.22. The number of fused-ring (bicyclic) bond motifs is 1. The van der Waals surface area contributed by atoms with Gasteiger partial charge in [-0.25, -0.2) is 4.98 Å². The molecule has 66 heavy (non-hydrogen) atoms. The highest BCUT2D eigenvalue weighted by Gasteiger charge is 2.15. The Morgan fingerprint density at radius 1 is 0.318 bits per heavy atom. The molecule has 318 valence electrons. The van der Waals surface area contributed by atoms with Crippen molar-refractivity contribution in [3.05, 3.63) is 246 Å². The second-order valence-electron chi connectivity index (χ2n) is 17.0. The molecule has 0 amide bonds. The summed E-state index contributed by atoms with van der Waals surface area (Å²) in [5, 5.41) is 1.07. The average molecular weight is 852 g/mol. The number of benzene rings is 7. The van der Waals surface area contributed by atoms with E-state index < -0.39 is 0 Å². The van der Waals surface area contributed by atoms with E-state index in [1.165, 1.54) is 22.3 Å². The van der Waals surface area contributed by atoms with Crippen LogP contribution in [-0.4, -0.2) is 15.0 Å². The Kier molecular flexibility index (Phi) is 11.6. The molecule has 0 spiro atoms. The molecular formula is C61H49N5. The van der Waals surface area contributed by atoms with Crippen molar-refractivity contribution >= 4 is 57.2 Å². The number of hydrogen-bond donors (Lipinski definition) is 0. The summed E-state index contributed by atoms with van der Waals surface area (Å²) in [4.78, 5) is 19.3. The van der Waals surface area contributed by atoms with Crippen molar-refractivity contribution in [1.29, 1.82) is 0 Å². The van der Waals surface area contributed by atoms with Gasteiger partial charge in [0.15, 0.2) is 0 Å². The summed E-state index contributed by atoms with van der Waals surface area (Å²) >= 11 is 0. The number of rotatable bonds is 11. The van der Waals surface area contributed by atoms with E-state index in [-0.39, 0.29) is 0 Å². The van der Waals surface area contributed by atoms with E-state index in [1.54, 1.807) is 0 Å². The normalized spacial score (nSPS) is 11.3. The maximum absolute atomic E-state index is 5.04. The van der Waals surface area contributed by atoms with Crippen LogP contribution < -0.4 is 9.80 Å². The molecule has 0 N–H and O–H groups in total. The third-order valence-electron chi connectivity index (χ3n) is 12.0. The lowest BCUT2D eigenvalue weighted by Gasteiger charge is -2.25. The van der Waals surface area contributed by atoms with Crippen LogP contribution in [0.1, 0.15) is 33.4 Å². The minimum absolute atomic E-state index is 0.871. The Hall–Kier alpha value is -8.41. The molecule has 0 bridgehead atoms. The van der Waals surface area contributed by atoms with Crippen LogP contribution in [0.2, 0.25) is 0 Å². The molecule has 0 aliphatic rings. The van der Waals surface area contributed by atoms with Gasteiger partial charge in [-0.15, -0.1) is 0 Å². The number of aryl methyl sites for hydroxylation is 4. The van der Waals surface area contributed by atoms with Crippen molar-refractivity contribution in [2.24, 2.45) is 0 Å². The minimum atomic E-state index is 0.871. The molecular weight excluding hydrogens is 803 g/mol. The molecule has 5 heteroatoms. The summed E-state index contributed by atoms with van der Waals surface area (Å²) in [6.07, 6.45) is 8.17. The summed E-state index contributed by atoms with van der Waals surface area (Å²) < 4.78 is 0. The van der Waals surface area contributed by atoms with Gasteiger partial charge in [-0.05, 0) is 142 Å². The van der Waals surface area contributed by atoms with Crippen molar-refractivity contribution in [3.8, 4) is 33.8 Å². The minimum Gasteiger partial charge on any atom is -0.311 e. The van der Waals surface area contributed by atoms with E-state index in [9.17, 15) is 0 Å². The van der Waals surface area contributed by atoms with Gasteiger partial charge in [0.25, 0.3) is 0 Å². The molecule has 0 atom stereocenters. The first kappa shape index (κ1) is 41.6. The second kappa shape index (κ2) is 18.4. The van der Waals surface area contributed by atoms with E-state index in [0.29, 0.717) is 0 Å². The monoisotopic (exact) mass is 851 g/mol. The fourth-order valence-electron chi connectivity index (χ4n) is 8.21. The van der Waals surface area contributed by atoms with Crippen molar-refractivity contribution < 1.29 is 0 Å². The van der Waals surface area contributed by atoms with Crippen LogP contribution in [0.5, 0.6) is 0 Å². The number of aromatic nitrogens is 3. The first-order valence-corrected chi connectivity index (χ1v) is 22.4. The maximum atomic E-state index is 5.04. The molecule has 0 saturated heterocycles. The SMILES string of the molecule is Cc1ccc(N(c2ccc(C)cc2)c2ccc(C=Cc3ccc(-c4ccc5cc(-c6ccc(-c7ccc(N(c8ccc(C)cc8)c8ccc(C)cc8)cn7)cn6)ccc5n4)cc3)cc2)cc1. The summed E-state index contributed by atoms with van der Waals surface area (Å²) in [6, 6.07) is 70.8. The van der Waals surface area contributed by atoms with E-state index >= 15 is 0 Å².